The van der Waals surface area contributed by atoms with Crippen LogP contribution in [0.3, 0.4) is 0 Å². The second-order valence-corrected chi connectivity index (χ2v) is 6.30. The molecule has 6 heteroatoms. The Labute approximate surface area is 122 Å². The number of hydrogen-bond acceptors (Lipinski definition) is 2. The number of carbonyl (C=O) groups excluding carboxylic acids is 1. The standard InChI is InChI=1S/C15H21F2N3O/c1-20(11-4-6-15(16,17)7-5-11)14(21)10-2-3-12-13(8-10)19-9-18-12/h9-11H,2-8H2,1H3,(H,18,19). The number of halogens is 2. The van der Waals surface area contributed by atoms with Gasteiger partial charge in [-0.15, -0.1) is 0 Å². The number of rotatable bonds is 2. The summed E-state index contributed by atoms with van der Waals surface area (Å²) in [5.41, 5.74) is 2.10. The molecule has 1 saturated carbocycles. The van der Waals surface area contributed by atoms with E-state index >= 15 is 0 Å². The number of nitrogens with zero attached hydrogens (tertiary/aromatic N) is 2. The highest BCUT2D eigenvalue weighted by Gasteiger charge is 2.38. The SMILES string of the molecule is CN(C(=O)C1CCc2nc[nH]c2C1)C1CCC(F)(F)CC1. The average Bonchev–Trinajstić information content (AvgIpc) is 2.93. The molecule has 0 radical (unpaired) electrons. The van der Waals surface area contributed by atoms with Gasteiger partial charge >= 0.3 is 0 Å². The van der Waals surface area contributed by atoms with Crippen LogP contribution >= 0.6 is 0 Å². The van der Waals surface area contributed by atoms with Crippen LogP contribution in [0.25, 0.3) is 0 Å². The lowest BCUT2D eigenvalue weighted by molar-refractivity contribution is -0.139. The molecule has 1 fully saturated rings. The fraction of sp³-hybridized carbons (Fsp3) is 0.733. The summed E-state index contributed by atoms with van der Waals surface area (Å²) < 4.78 is 26.4. The van der Waals surface area contributed by atoms with Crippen molar-refractivity contribution in [2.45, 2.75) is 56.9 Å². The molecule has 1 amide bonds. The van der Waals surface area contributed by atoms with Crippen molar-refractivity contribution in [2.24, 2.45) is 5.92 Å². The first-order valence-corrected chi connectivity index (χ1v) is 7.62. The van der Waals surface area contributed by atoms with E-state index in [0.29, 0.717) is 19.3 Å². The fourth-order valence-corrected chi connectivity index (χ4v) is 3.49. The average molecular weight is 297 g/mol. The number of aromatic amines is 1. The molecule has 0 aliphatic heterocycles. The first-order chi connectivity index (χ1) is 9.96. The predicted octanol–water partition coefficient (Wildman–Crippen LogP) is 2.55. The van der Waals surface area contributed by atoms with Crippen molar-refractivity contribution < 1.29 is 13.6 Å². The number of aryl methyl sites for hydroxylation is 1. The highest BCUT2D eigenvalue weighted by molar-refractivity contribution is 5.79. The van der Waals surface area contributed by atoms with Gasteiger partial charge in [-0.2, -0.15) is 0 Å². The number of amides is 1. The van der Waals surface area contributed by atoms with Gasteiger partial charge in [0.1, 0.15) is 0 Å². The van der Waals surface area contributed by atoms with E-state index in [1.54, 1.807) is 18.3 Å². The Morgan fingerprint density at radius 1 is 1.38 bits per heavy atom. The monoisotopic (exact) mass is 297 g/mol. The molecule has 1 aromatic heterocycles. The number of imidazole rings is 1. The van der Waals surface area contributed by atoms with Gasteiger partial charge in [-0.1, -0.05) is 0 Å². The molecule has 2 aliphatic rings. The number of nitrogens with one attached hydrogen (secondary N) is 1. The molecule has 0 bridgehead atoms. The maximum absolute atomic E-state index is 13.2. The Morgan fingerprint density at radius 3 is 2.81 bits per heavy atom. The largest absolute Gasteiger partial charge is 0.348 e. The van der Waals surface area contributed by atoms with E-state index in [1.807, 2.05) is 0 Å². The van der Waals surface area contributed by atoms with Crippen LogP contribution in [0.4, 0.5) is 8.78 Å². The summed E-state index contributed by atoms with van der Waals surface area (Å²) in [6.45, 7) is 0. The molecule has 0 spiro atoms. The molecule has 2 aliphatic carbocycles. The molecule has 1 heterocycles. The van der Waals surface area contributed by atoms with Gasteiger partial charge in [0.05, 0.1) is 12.0 Å². The lowest BCUT2D eigenvalue weighted by Crippen LogP contribution is -2.45. The molecule has 1 N–H and O–H groups in total. The van der Waals surface area contributed by atoms with E-state index in [9.17, 15) is 13.6 Å². The molecular formula is C15H21F2N3O. The zero-order chi connectivity index (χ0) is 15.0. The highest BCUT2D eigenvalue weighted by Crippen LogP contribution is 2.35. The smallest absolute Gasteiger partial charge is 0.248 e. The minimum absolute atomic E-state index is 0.0414. The van der Waals surface area contributed by atoms with Crippen LogP contribution in [-0.2, 0) is 17.6 Å². The second-order valence-electron chi connectivity index (χ2n) is 6.30. The predicted molar refractivity (Wildman–Crippen MR) is 74.1 cm³/mol. The summed E-state index contributed by atoms with van der Waals surface area (Å²) in [5.74, 6) is -2.51. The maximum atomic E-state index is 13.2. The fourth-order valence-electron chi connectivity index (χ4n) is 3.49. The number of carbonyl (C=O) groups is 1. The van der Waals surface area contributed by atoms with E-state index in [0.717, 1.165) is 24.2 Å². The van der Waals surface area contributed by atoms with E-state index in [4.69, 9.17) is 0 Å². The van der Waals surface area contributed by atoms with Crippen molar-refractivity contribution in [3.63, 3.8) is 0 Å². The number of H-pyrrole nitrogens is 1. The molecule has 4 nitrogen and oxygen atoms in total. The van der Waals surface area contributed by atoms with Gasteiger partial charge < -0.3 is 9.88 Å². The van der Waals surface area contributed by atoms with E-state index in [2.05, 4.69) is 9.97 Å². The first-order valence-electron chi connectivity index (χ1n) is 7.62. The van der Waals surface area contributed by atoms with Crippen molar-refractivity contribution in [3.8, 4) is 0 Å². The highest BCUT2D eigenvalue weighted by atomic mass is 19.3. The van der Waals surface area contributed by atoms with Crippen molar-refractivity contribution in [1.29, 1.82) is 0 Å². The Bertz CT molecular complexity index is 519. The number of alkyl halides is 2. The molecule has 1 aromatic rings. The topological polar surface area (TPSA) is 49.0 Å². The zero-order valence-electron chi connectivity index (χ0n) is 12.2. The lowest BCUT2D eigenvalue weighted by atomic mass is 9.86. The summed E-state index contributed by atoms with van der Waals surface area (Å²) in [4.78, 5) is 21.6. The van der Waals surface area contributed by atoms with Crippen LogP contribution in [0, 0.1) is 5.92 Å². The quantitative estimate of drug-likeness (QED) is 0.912. The van der Waals surface area contributed by atoms with Gasteiger partial charge in [-0.05, 0) is 25.7 Å². The summed E-state index contributed by atoms with van der Waals surface area (Å²) in [5, 5.41) is 0. The minimum Gasteiger partial charge on any atom is -0.348 e. The van der Waals surface area contributed by atoms with Gasteiger partial charge in [0, 0.05) is 44.0 Å². The van der Waals surface area contributed by atoms with Gasteiger partial charge in [0.2, 0.25) is 11.8 Å². The van der Waals surface area contributed by atoms with Gasteiger partial charge in [-0.3, -0.25) is 4.79 Å². The summed E-state index contributed by atoms with van der Waals surface area (Å²) in [7, 11) is 1.76. The zero-order valence-corrected chi connectivity index (χ0v) is 12.2. The normalized spacial score (nSPS) is 25.4. The molecule has 0 saturated heterocycles. The molecule has 3 rings (SSSR count). The third-order valence-corrected chi connectivity index (χ3v) is 4.92. The Balaban J connectivity index is 1.61. The van der Waals surface area contributed by atoms with Gasteiger partial charge in [-0.25, -0.2) is 13.8 Å². The van der Waals surface area contributed by atoms with Crippen LogP contribution in [0.2, 0.25) is 0 Å². The summed E-state index contributed by atoms with van der Waals surface area (Å²) in [6, 6.07) is -0.0414. The molecule has 1 atom stereocenters. The van der Waals surface area contributed by atoms with Crippen LogP contribution in [0.5, 0.6) is 0 Å². The van der Waals surface area contributed by atoms with Crippen molar-refractivity contribution in [3.05, 3.63) is 17.7 Å². The van der Waals surface area contributed by atoms with Crippen LogP contribution < -0.4 is 0 Å². The van der Waals surface area contributed by atoms with Crippen molar-refractivity contribution >= 4 is 5.91 Å². The van der Waals surface area contributed by atoms with Crippen LogP contribution in [0.1, 0.15) is 43.5 Å². The van der Waals surface area contributed by atoms with Crippen molar-refractivity contribution in [2.75, 3.05) is 7.05 Å². The van der Waals surface area contributed by atoms with Crippen LogP contribution in [0.15, 0.2) is 6.33 Å². The molecule has 1 unspecified atom stereocenters. The maximum Gasteiger partial charge on any atom is 0.248 e. The van der Waals surface area contributed by atoms with E-state index in [1.165, 1.54) is 0 Å². The number of hydrogen-bond donors (Lipinski definition) is 1. The van der Waals surface area contributed by atoms with E-state index < -0.39 is 5.92 Å². The lowest BCUT2D eigenvalue weighted by Gasteiger charge is -2.36. The molecular weight excluding hydrogens is 276 g/mol. The summed E-state index contributed by atoms with van der Waals surface area (Å²) >= 11 is 0. The Kier molecular flexibility index (Phi) is 3.71. The van der Waals surface area contributed by atoms with Crippen molar-refractivity contribution in [1.82, 2.24) is 14.9 Å². The summed E-state index contributed by atoms with van der Waals surface area (Å²) in [6.07, 6.45) is 4.55. The Morgan fingerprint density at radius 2 is 2.10 bits per heavy atom. The first kappa shape index (κ1) is 14.5. The van der Waals surface area contributed by atoms with Crippen LogP contribution in [-0.4, -0.2) is 39.8 Å². The van der Waals surface area contributed by atoms with Gasteiger partial charge in [0.25, 0.3) is 0 Å². The third kappa shape index (κ3) is 2.94. The second kappa shape index (κ2) is 5.39. The third-order valence-electron chi connectivity index (χ3n) is 4.92. The molecule has 0 aromatic carbocycles. The Hall–Kier alpha value is -1.46. The minimum atomic E-state index is -2.55. The number of aromatic nitrogens is 2. The molecule has 116 valence electrons. The molecule has 21 heavy (non-hydrogen) atoms. The van der Waals surface area contributed by atoms with E-state index in [-0.39, 0.29) is 30.7 Å². The number of fused-ring (bicyclic) bond motifs is 1. The van der Waals surface area contributed by atoms with Gasteiger partial charge in [0.15, 0.2) is 0 Å².